The Hall–Kier alpha value is -1.50. The molecule has 3 atom stereocenters. The molecule has 0 unspecified atom stereocenters. The number of hydrogen-bond donors (Lipinski definition) is 1. The van der Waals surface area contributed by atoms with Crippen molar-refractivity contribution in [3.05, 3.63) is 35.4 Å². The molecule has 0 spiro atoms. The van der Waals surface area contributed by atoms with E-state index in [1.807, 2.05) is 0 Å². The fourth-order valence-electron chi connectivity index (χ4n) is 3.13. The maximum Gasteiger partial charge on any atom is 0.224 e. The van der Waals surface area contributed by atoms with Crippen LogP contribution in [0.25, 0.3) is 0 Å². The second-order valence-electron chi connectivity index (χ2n) is 6.48. The normalized spacial score (nSPS) is 32.7. The van der Waals surface area contributed by atoms with Gasteiger partial charge in [-0.25, -0.2) is 17.2 Å². The lowest BCUT2D eigenvalue weighted by Crippen LogP contribution is -2.47. The average molecular weight is 329 g/mol. The van der Waals surface area contributed by atoms with E-state index in [4.69, 9.17) is 0 Å². The maximum absolute atomic E-state index is 13.7. The molecule has 0 radical (unpaired) electrons. The molecule has 120 valence electrons. The minimum Gasteiger partial charge on any atom is -0.350 e. The molecule has 1 saturated carbocycles. The third-order valence-corrected chi connectivity index (χ3v) is 6.34. The Balaban J connectivity index is 1.68. The highest BCUT2D eigenvalue weighted by Gasteiger charge is 2.48. The summed E-state index contributed by atoms with van der Waals surface area (Å²) in [5, 5.41) is 2.77. The molecule has 4 nitrogen and oxygen atoms in total. The summed E-state index contributed by atoms with van der Waals surface area (Å²) in [5.74, 6) is -2.87. The number of carbonyl (C=O) groups is 1. The summed E-state index contributed by atoms with van der Waals surface area (Å²) in [7, 11) is -3.11. The first-order chi connectivity index (χ1) is 10.2. The first-order valence-electron chi connectivity index (χ1n) is 7.17. The van der Waals surface area contributed by atoms with Gasteiger partial charge in [0.1, 0.15) is 0 Å². The molecule has 1 N–H and O–H groups in total. The molecule has 3 rings (SSSR count). The van der Waals surface area contributed by atoms with Gasteiger partial charge < -0.3 is 5.32 Å². The predicted octanol–water partition coefficient (Wildman–Crippen LogP) is 1.76. The Bertz CT molecular complexity index is 734. The lowest BCUT2D eigenvalue weighted by Gasteiger charge is -2.24. The first kappa shape index (κ1) is 15.4. The minimum absolute atomic E-state index is 0.0659. The third-order valence-electron chi connectivity index (χ3n) is 4.44. The number of rotatable bonds is 3. The van der Waals surface area contributed by atoms with Crippen molar-refractivity contribution in [3.63, 3.8) is 0 Å². The number of carbonyl (C=O) groups excluding carboxylic acids is 1. The molecule has 1 saturated heterocycles. The molecule has 1 amide bonds. The van der Waals surface area contributed by atoms with Crippen LogP contribution in [0.2, 0.25) is 0 Å². The predicted molar refractivity (Wildman–Crippen MR) is 77.0 cm³/mol. The summed E-state index contributed by atoms with van der Waals surface area (Å²) < 4.78 is 50.0. The number of sulfone groups is 1. The summed E-state index contributed by atoms with van der Waals surface area (Å²) in [6.45, 7) is 1.70. The second-order valence-corrected chi connectivity index (χ2v) is 8.67. The van der Waals surface area contributed by atoms with Crippen molar-refractivity contribution in [2.45, 2.75) is 31.2 Å². The van der Waals surface area contributed by atoms with Crippen LogP contribution in [0.1, 0.15) is 31.2 Å². The Kier molecular flexibility index (Phi) is 3.51. The largest absolute Gasteiger partial charge is 0.350 e. The van der Waals surface area contributed by atoms with E-state index < -0.39 is 32.9 Å². The molecule has 1 aliphatic carbocycles. The van der Waals surface area contributed by atoms with Crippen LogP contribution >= 0.6 is 0 Å². The molecule has 2 fully saturated rings. The van der Waals surface area contributed by atoms with E-state index in [2.05, 4.69) is 5.32 Å². The van der Waals surface area contributed by atoms with Crippen molar-refractivity contribution in [2.24, 2.45) is 5.92 Å². The molecule has 1 aromatic carbocycles. The zero-order valence-corrected chi connectivity index (χ0v) is 12.9. The Morgan fingerprint density at radius 3 is 2.73 bits per heavy atom. The molecule has 0 bridgehead atoms. The van der Waals surface area contributed by atoms with Gasteiger partial charge in [0.15, 0.2) is 21.5 Å². The van der Waals surface area contributed by atoms with Crippen molar-refractivity contribution in [3.8, 4) is 0 Å². The molecule has 0 aromatic heterocycles. The van der Waals surface area contributed by atoms with Crippen molar-refractivity contribution in [2.75, 3.05) is 11.5 Å². The van der Waals surface area contributed by atoms with Crippen molar-refractivity contribution >= 4 is 15.7 Å². The molecule has 1 aliphatic heterocycles. The first-order valence-corrected chi connectivity index (χ1v) is 8.99. The van der Waals surface area contributed by atoms with E-state index in [9.17, 15) is 22.0 Å². The summed E-state index contributed by atoms with van der Waals surface area (Å²) in [4.78, 5) is 12.2. The highest BCUT2D eigenvalue weighted by Crippen LogP contribution is 2.49. The standard InChI is InChI=1S/C15H17F2NO3S/c1-15(5-6-22(20,21)8-15)18-14(19)11-7-10(11)9-3-2-4-12(16)13(9)17/h2-4,10-11H,5-8H2,1H3,(H,18,19)/t10-,11-,15+/m1/s1. The lowest BCUT2D eigenvalue weighted by molar-refractivity contribution is -0.123. The van der Waals surface area contributed by atoms with Gasteiger partial charge in [-0.15, -0.1) is 0 Å². The van der Waals surface area contributed by atoms with Crippen molar-refractivity contribution < 1.29 is 22.0 Å². The lowest BCUT2D eigenvalue weighted by atomic mass is 10.0. The highest BCUT2D eigenvalue weighted by molar-refractivity contribution is 7.91. The Labute approximate surface area is 127 Å². The summed E-state index contributed by atoms with van der Waals surface area (Å²) in [5.41, 5.74) is -0.548. The molecule has 1 heterocycles. The van der Waals surface area contributed by atoms with E-state index in [0.717, 1.165) is 6.07 Å². The Morgan fingerprint density at radius 2 is 2.09 bits per heavy atom. The van der Waals surface area contributed by atoms with Gasteiger partial charge in [-0.2, -0.15) is 0 Å². The monoisotopic (exact) mass is 329 g/mol. The van der Waals surface area contributed by atoms with Crippen LogP contribution in [0, 0.1) is 17.6 Å². The van der Waals surface area contributed by atoms with Crippen LogP contribution in [0.5, 0.6) is 0 Å². The summed E-state index contributed by atoms with van der Waals surface area (Å²) >= 11 is 0. The van der Waals surface area contributed by atoms with E-state index in [0.29, 0.717) is 12.8 Å². The van der Waals surface area contributed by atoms with Crippen LogP contribution in [-0.2, 0) is 14.6 Å². The van der Waals surface area contributed by atoms with Gasteiger partial charge in [0.25, 0.3) is 0 Å². The number of hydrogen-bond acceptors (Lipinski definition) is 3. The van der Waals surface area contributed by atoms with E-state index in [1.165, 1.54) is 12.1 Å². The van der Waals surface area contributed by atoms with Gasteiger partial charge in [-0.05, 0) is 37.3 Å². The maximum atomic E-state index is 13.7. The number of benzene rings is 1. The fraction of sp³-hybridized carbons (Fsp3) is 0.533. The molecular weight excluding hydrogens is 312 g/mol. The van der Waals surface area contributed by atoms with Gasteiger partial charge in [0, 0.05) is 5.92 Å². The zero-order chi connectivity index (χ0) is 16.1. The van der Waals surface area contributed by atoms with Gasteiger partial charge in [-0.1, -0.05) is 12.1 Å². The summed E-state index contributed by atoms with van der Waals surface area (Å²) in [6, 6.07) is 3.95. The van der Waals surface area contributed by atoms with E-state index in [-0.39, 0.29) is 28.9 Å². The van der Waals surface area contributed by atoms with Crippen LogP contribution in [-0.4, -0.2) is 31.4 Å². The highest BCUT2D eigenvalue weighted by atomic mass is 32.2. The number of nitrogens with one attached hydrogen (secondary N) is 1. The quantitative estimate of drug-likeness (QED) is 0.919. The van der Waals surface area contributed by atoms with Gasteiger partial charge >= 0.3 is 0 Å². The second kappa shape index (κ2) is 5.01. The van der Waals surface area contributed by atoms with E-state index in [1.54, 1.807) is 6.92 Å². The molecule has 22 heavy (non-hydrogen) atoms. The van der Waals surface area contributed by atoms with Crippen molar-refractivity contribution in [1.29, 1.82) is 0 Å². The fourth-order valence-corrected chi connectivity index (χ4v) is 5.23. The van der Waals surface area contributed by atoms with Crippen LogP contribution in [0.3, 0.4) is 0 Å². The summed E-state index contributed by atoms with van der Waals surface area (Å²) in [6.07, 6.45) is 0.835. The van der Waals surface area contributed by atoms with Gasteiger partial charge in [0.2, 0.25) is 5.91 Å². The average Bonchev–Trinajstić information content (AvgIpc) is 3.14. The van der Waals surface area contributed by atoms with Crippen LogP contribution in [0.4, 0.5) is 8.78 Å². The van der Waals surface area contributed by atoms with Crippen LogP contribution in [0.15, 0.2) is 18.2 Å². The van der Waals surface area contributed by atoms with Crippen LogP contribution < -0.4 is 5.32 Å². The molecule has 1 aromatic rings. The molecular formula is C15H17F2NO3S. The SMILES string of the molecule is C[C@]1(NC(=O)[C@@H]2C[C@@H]2c2cccc(F)c2F)CCS(=O)(=O)C1. The van der Waals surface area contributed by atoms with Crippen molar-refractivity contribution in [1.82, 2.24) is 5.32 Å². The third kappa shape index (κ3) is 2.86. The van der Waals surface area contributed by atoms with Gasteiger partial charge in [0.05, 0.1) is 17.0 Å². The van der Waals surface area contributed by atoms with E-state index >= 15 is 0 Å². The number of halogens is 2. The topological polar surface area (TPSA) is 63.2 Å². The Morgan fingerprint density at radius 1 is 1.36 bits per heavy atom. The molecule has 7 heteroatoms. The molecule has 2 aliphatic rings. The van der Waals surface area contributed by atoms with Gasteiger partial charge in [-0.3, -0.25) is 4.79 Å². The number of amides is 1. The minimum atomic E-state index is -3.11. The zero-order valence-electron chi connectivity index (χ0n) is 12.1. The smallest absolute Gasteiger partial charge is 0.224 e.